The monoisotopic (exact) mass is 492 g/mol. The van der Waals surface area contributed by atoms with Gasteiger partial charge in [-0.05, 0) is 41.5 Å². The minimum atomic E-state index is -0.137. The van der Waals surface area contributed by atoms with Crippen molar-refractivity contribution in [2.75, 3.05) is 10.6 Å². The third kappa shape index (κ3) is 6.92. The first-order chi connectivity index (χ1) is 17.0. The summed E-state index contributed by atoms with van der Waals surface area (Å²) in [5.41, 5.74) is 0.568. The molecule has 12 nitrogen and oxygen atoms in total. The van der Waals surface area contributed by atoms with Gasteiger partial charge in [0.2, 0.25) is 0 Å². The van der Waals surface area contributed by atoms with Crippen LogP contribution in [-0.2, 0) is 17.7 Å². The van der Waals surface area contributed by atoms with Crippen molar-refractivity contribution < 1.29 is 9.90 Å². The number of anilines is 4. The number of aldehydes is 1. The molecule has 4 rings (SSSR count). The lowest BCUT2D eigenvalue weighted by atomic mass is 10.1. The molecule has 0 spiro atoms. The summed E-state index contributed by atoms with van der Waals surface area (Å²) in [6.07, 6.45) is 10.2. The van der Waals surface area contributed by atoms with Crippen LogP contribution in [0.2, 0.25) is 0 Å². The van der Waals surface area contributed by atoms with E-state index in [1.165, 1.54) is 12.4 Å². The second kappa shape index (κ2) is 11.0. The predicted molar refractivity (Wildman–Crippen MR) is 136 cm³/mol. The van der Waals surface area contributed by atoms with Gasteiger partial charge in [0, 0.05) is 12.1 Å². The molecule has 0 fully saturated rings. The minimum Gasteiger partial charge on any atom is -0.390 e. The lowest BCUT2D eigenvalue weighted by Crippen LogP contribution is -2.24. The fourth-order valence-corrected chi connectivity index (χ4v) is 3.17. The Bertz CT molecular complexity index is 1280. The molecular weight excluding hydrogens is 460 g/mol. The normalized spacial score (nSPS) is 11.4. The lowest BCUT2D eigenvalue weighted by molar-refractivity contribution is 0.111. The summed E-state index contributed by atoms with van der Waals surface area (Å²) in [5, 5.41) is 23.8. The van der Waals surface area contributed by atoms with Crippen LogP contribution < -0.4 is 10.6 Å². The average molecular weight is 493 g/mol. The van der Waals surface area contributed by atoms with Crippen LogP contribution in [0.15, 0.2) is 49.3 Å². The van der Waals surface area contributed by atoms with Crippen molar-refractivity contribution >= 4 is 29.6 Å². The molecule has 0 unspecified atom stereocenters. The van der Waals surface area contributed by atoms with Gasteiger partial charge in [0.15, 0.2) is 12.1 Å². The second-order valence-corrected chi connectivity index (χ2v) is 9.85. The van der Waals surface area contributed by atoms with E-state index in [1.54, 1.807) is 24.8 Å². The van der Waals surface area contributed by atoms with E-state index in [1.807, 2.05) is 21.5 Å². The van der Waals surface area contributed by atoms with Crippen LogP contribution in [0.1, 0.15) is 57.7 Å². The van der Waals surface area contributed by atoms with E-state index in [0.717, 1.165) is 11.6 Å². The molecule has 12 heteroatoms. The predicted octanol–water partition coefficient (Wildman–Crippen LogP) is 3.65. The molecular formula is C24H32N10O2. The molecule has 4 aromatic heterocycles. The van der Waals surface area contributed by atoms with Crippen molar-refractivity contribution in [3.63, 3.8) is 0 Å². The van der Waals surface area contributed by atoms with E-state index in [9.17, 15) is 4.79 Å². The van der Waals surface area contributed by atoms with Crippen LogP contribution in [0.5, 0.6) is 0 Å². The smallest absolute Gasteiger partial charge is 0.170 e. The van der Waals surface area contributed by atoms with Gasteiger partial charge in [0.05, 0.1) is 60.6 Å². The lowest BCUT2D eigenvalue weighted by Gasteiger charge is -2.22. The van der Waals surface area contributed by atoms with E-state index >= 15 is 0 Å². The van der Waals surface area contributed by atoms with Gasteiger partial charge in [0.25, 0.3) is 0 Å². The van der Waals surface area contributed by atoms with Gasteiger partial charge in [-0.2, -0.15) is 10.2 Å². The van der Waals surface area contributed by atoms with Gasteiger partial charge in [-0.1, -0.05) is 0 Å². The number of aliphatic hydroxyl groups excluding tert-OH is 1. The molecule has 36 heavy (non-hydrogen) atoms. The number of carbonyl (C=O) groups is 1. The van der Waals surface area contributed by atoms with Crippen molar-refractivity contribution in [1.29, 1.82) is 0 Å². The highest BCUT2D eigenvalue weighted by molar-refractivity contribution is 5.72. The molecule has 0 aliphatic heterocycles. The maximum absolute atomic E-state index is 10.6. The van der Waals surface area contributed by atoms with Gasteiger partial charge in [-0.3, -0.25) is 14.8 Å². The van der Waals surface area contributed by atoms with E-state index in [4.69, 9.17) is 5.11 Å². The minimum absolute atomic E-state index is 0.117. The highest BCUT2D eigenvalue weighted by atomic mass is 16.3. The van der Waals surface area contributed by atoms with Gasteiger partial charge in [-0.25, -0.2) is 19.3 Å². The molecule has 190 valence electrons. The third-order valence-corrected chi connectivity index (χ3v) is 4.69. The summed E-state index contributed by atoms with van der Waals surface area (Å²) in [4.78, 5) is 26.9. The van der Waals surface area contributed by atoms with E-state index < -0.39 is 0 Å². The van der Waals surface area contributed by atoms with E-state index in [2.05, 4.69) is 82.3 Å². The Kier molecular flexibility index (Phi) is 8.10. The van der Waals surface area contributed by atoms with Gasteiger partial charge in [0.1, 0.15) is 23.1 Å². The Morgan fingerprint density at radius 3 is 1.78 bits per heavy atom. The Hall–Kier alpha value is -4.19. The summed E-state index contributed by atoms with van der Waals surface area (Å²) >= 11 is 0. The number of hydrogen-bond donors (Lipinski definition) is 3. The molecule has 0 aliphatic carbocycles. The fourth-order valence-electron chi connectivity index (χ4n) is 3.17. The zero-order valence-electron chi connectivity index (χ0n) is 21.3. The molecule has 0 atom stereocenters. The maximum Gasteiger partial charge on any atom is 0.170 e. The molecule has 4 heterocycles. The first-order valence-electron chi connectivity index (χ1n) is 11.3. The van der Waals surface area contributed by atoms with Crippen LogP contribution in [0.3, 0.4) is 0 Å². The number of hydrogen-bond acceptors (Lipinski definition) is 10. The molecule has 0 saturated carbocycles. The number of rotatable bonds is 6. The molecule has 0 aliphatic rings. The Morgan fingerprint density at radius 2 is 1.31 bits per heavy atom. The summed E-state index contributed by atoms with van der Waals surface area (Å²) in [6.45, 7) is 12.3. The molecule has 0 aromatic carbocycles. The third-order valence-electron chi connectivity index (χ3n) is 4.69. The largest absolute Gasteiger partial charge is 0.390 e. The number of nitrogens with zero attached hydrogens (tertiary/aromatic N) is 8. The highest BCUT2D eigenvalue weighted by Crippen LogP contribution is 2.22. The van der Waals surface area contributed by atoms with Gasteiger partial charge >= 0.3 is 0 Å². The number of aromatic nitrogens is 8. The van der Waals surface area contributed by atoms with E-state index in [-0.39, 0.29) is 17.7 Å². The van der Waals surface area contributed by atoms with Crippen molar-refractivity contribution in [3.8, 4) is 0 Å². The van der Waals surface area contributed by atoms with Gasteiger partial charge < -0.3 is 15.7 Å². The van der Waals surface area contributed by atoms with E-state index in [0.29, 0.717) is 29.3 Å². The van der Waals surface area contributed by atoms with Crippen molar-refractivity contribution in [3.05, 3.63) is 60.7 Å². The Balaban J connectivity index is 0.000000201. The summed E-state index contributed by atoms with van der Waals surface area (Å²) < 4.78 is 3.72. The Labute approximate surface area is 209 Å². The highest BCUT2D eigenvalue weighted by Gasteiger charge is 2.18. The fraction of sp³-hybridized carbons (Fsp3) is 0.375. The van der Waals surface area contributed by atoms with Crippen LogP contribution in [0.4, 0.5) is 23.3 Å². The van der Waals surface area contributed by atoms with Crippen LogP contribution in [0, 0.1) is 0 Å². The summed E-state index contributed by atoms with van der Waals surface area (Å²) in [7, 11) is 0. The second-order valence-electron chi connectivity index (χ2n) is 9.85. The molecule has 3 N–H and O–H groups in total. The molecule has 0 radical (unpaired) electrons. The van der Waals surface area contributed by atoms with Crippen molar-refractivity contribution in [2.24, 2.45) is 0 Å². The molecule has 0 bridgehead atoms. The molecule has 0 saturated heterocycles. The molecule has 0 amide bonds. The zero-order valence-corrected chi connectivity index (χ0v) is 21.3. The zero-order chi connectivity index (χ0) is 26.3. The first-order valence-corrected chi connectivity index (χ1v) is 11.3. The van der Waals surface area contributed by atoms with Crippen LogP contribution in [0.25, 0.3) is 0 Å². The quantitative estimate of drug-likeness (QED) is 0.340. The SMILES string of the molecule is CC(C)(C)n1nccc1Nc1cncc(C=O)n1.CC(C)(C)n1nccc1Nc1cncc(CO)n1. The van der Waals surface area contributed by atoms with Gasteiger partial charge in [-0.15, -0.1) is 0 Å². The number of aliphatic hydroxyl groups is 1. The van der Waals surface area contributed by atoms with Crippen molar-refractivity contribution in [1.82, 2.24) is 39.5 Å². The van der Waals surface area contributed by atoms with Crippen LogP contribution >= 0.6 is 0 Å². The maximum atomic E-state index is 10.6. The van der Waals surface area contributed by atoms with Crippen molar-refractivity contribution in [2.45, 2.75) is 59.2 Å². The topological polar surface area (TPSA) is 149 Å². The average Bonchev–Trinajstić information content (AvgIpc) is 3.49. The standard InChI is InChI=1S/C12H17N5O.C12H15N5O/c2*1-12(2,3)17-11(4-5-14-17)16-10-7-13-6-9(8-18)15-10/h4-7,18H,8H2,1-3H3,(H,15,16);4-8H,1-3H3,(H,15,16). The number of carbonyl (C=O) groups excluding carboxylic acids is 1. The summed E-state index contributed by atoms with van der Waals surface area (Å²) in [5.74, 6) is 2.75. The summed E-state index contributed by atoms with van der Waals surface area (Å²) in [6, 6.07) is 3.72. The molecule has 4 aromatic rings. The number of nitrogens with one attached hydrogen (secondary N) is 2. The first kappa shape index (κ1) is 26.4. The Morgan fingerprint density at radius 1 is 0.806 bits per heavy atom. The van der Waals surface area contributed by atoms with Crippen LogP contribution in [-0.4, -0.2) is 50.9 Å².